The Morgan fingerprint density at radius 2 is 1.89 bits per heavy atom. The second kappa shape index (κ2) is 6.10. The molecule has 0 unspecified atom stereocenters. The molecule has 1 spiro atoms. The number of halogens is 1. The lowest BCUT2D eigenvalue weighted by Gasteiger charge is -2.51. The van der Waals surface area contributed by atoms with Gasteiger partial charge in [0.1, 0.15) is 5.41 Å². The zero-order valence-electron chi connectivity index (χ0n) is 15.4. The lowest BCUT2D eigenvalue weighted by molar-refractivity contribution is -0.125. The molecule has 0 aromatic heterocycles. The van der Waals surface area contributed by atoms with Crippen molar-refractivity contribution in [2.45, 2.75) is 38.6 Å². The van der Waals surface area contributed by atoms with E-state index >= 15 is 0 Å². The number of nitrogens with zero attached hydrogens (tertiary/aromatic N) is 3. The van der Waals surface area contributed by atoms with Crippen molar-refractivity contribution < 1.29 is 4.79 Å². The number of hydrogen-bond donors (Lipinski definition) is 0. The number of carbonyl (C=O) groups excluding carboxylic acids is 1. The fourth-order valence-electron chi connectivity index (χ4n) is 5.06. The summed E-state index contributed by atoms with van der Waals surface area (Å²) in [7, 11) is 0. The molecule has 138 valence electrons. The predicted molar refractivity (Wildman–Crippen MR) is 110 cm³/mol. The molecule has 5 rings (SSSR count). The van der Waals surface area contributed by atoms with Crippen molar-refractivity contribution in [3.63, 3.8) is 0 Å². The number of hydrogen-bond acceptors (Lipinski definition) is 3. The standard InChI is InChI=1S/C22H22ClN3O/c1-15-22(21(27)26(24-15)18-11-9-17(23)10-12-18)14-16-6-2-3-7-19(16)25-13-5-4-8-20(22)25/h2-3,6-7,9-12,20H,4-5,8,13-14H2,1H3/t20-,22-/m0/s1. The summed E-state index contributed by atoms with van der Waals surface area (Å²) in [5.74, 6) is 0.0914. The molecule has 3 aliphatic rings. The van der Waals surface area contributed by atoms with Crippen molar-refractivity contribution in [3.05, 3.63) is 59.1 Å². The molecule has 4 nitrogen and oxygen atoms in total. The summed E-state index contributed by atoms with van der Waals surface area (Å²) in [5, 5.41) is 6.99. The van der Waals surface area contributed by atoms with Gasteiger partial charge >= 0.3 is 0 Å². The topological polar surface area (TPSA) is 35.9 Å². The normalized spacial score (nSPS) is 26.8. The molecule has 2 atom stereocenters. The first-order valence-electron chi connectivity index (χ1n) is 9.61. The molecule has 0 saturated carbocycles. The molecule has 3 aliphatic heterocycles. The quantitative estimate of drug-likeness (QED) is 0.722. The largest absolute Gasteiger partial charge is 0.367 e. The van der Waals surface area contributed by atoms with Crippen LogP contribution in [0.15, 0.2) is 53.6 Å². The number of piperidine rings is 1. The summed E-state index contributed by atoms with van der Waals surface area (Å²) < 4.78 is 0. The third-order valence-electron chi connectivity index (χ3n) is 6.38. The minimum Gasteiger partial charge on any atom is -0.367 e. The van der Waals surface area contributed by atoms with Gasteiger partial charge in [-0.3, -0.25) is 4.79 Å². The predicted octanol–water partition coefficient (Wildman–Crippen LogP) is 4.66. The van der Waals surface area contributed by atoms with Crippen molar-refractivity contribution >= 4 is 34.6 Å². The van der Waals surface area contributed by atoms with Crippen LogP contribution in [0.1, 0.15) is 31.7 Å². The van der Waals surface area contributed by atoms with Crippen molar-refractivity contribution in [1.29, 1.82) is 0 Å². The van der Waals surface area contributed by atoms with E-state index in [9.17, 15) is 4.79 Å². The van der Waals surface area contributed by atoms with Gasteiger partial charge in [-0.25, -0.2) is 0 Å². The van der Waals surface area contributed by atoms with E-state index in [1.807, 2.05) is 31.2 Å². The van der Waals surface area contributed by atoms with E-state index in [0.29, 0.717) is 5.02 Å². The van der Waals surface area contributed by atoms with Crippen LogP contribution in [0.25, 0.3) is 0 Å². The SMILES string of the molecule is CC1=NN(c2ccc(Cl)cc2)C(=O)[C@@]12Cc1ccccc1N1CCCC[C@H]12. The Morgan fingerprint density at radius 3 is 2.70 bits per heavy atom. The van der Waals surface area contributed by atoms with Gasteiger partial charge in [-0.1, -0.05) is 29.8 Å². The van der Waals surface area contributed by atoms with Gasteiger partial charge in [0.05, 0.1) is 11.4 Å². The number of para-hydroxylation sites is 1. The van der Waals surface area contributed by atoms with Crippen LogP contribution in [-0.2, 0) is 11.2 Å². The first-order chi connectivity index (χ1) is 13.1. The van der Waals surface area contributed by atoms with E-state index in [1.54, 1.807) is 5.01 Å². The first kappa shape index (κ1) is 16.8. The highest BCUT2D eigenvalue weighted by atomic mass is 35.5. The van der Waals surface area contributed by atoms with E-state index in [2.05, 4.69) is 29.2 Å². The summed E-state index contributed by atoms with van der Waals surface area (Å²) >= 11 is 6.03. The molecule has 1 saturated heterocycles. The third-order valence-corrected chi connectivity index (χ3v) is 6.63. The second-order valence-corrected chi connectivity index (χ2v) is 8.20. The molecular weight excluding hydrogens is 358 g/mol. The number of carbonyl (C=O) groups is 1. The first-order valence-corrected chi connectivity index (χ1v) is 9.99. The van der Waals surface area contributed by atoms with E-state index in [0.717, 1.165) is 37.2 Å². The van der Waals surface area contributed by atoms with Gasteiger partial charge < -0.3 is 4.90 Å². The van der Waals surface area contributed by atoms with Gasteiger partial charge in [0, 0.05) is 23.3 Å². The monoisotopic (exact) mass is 379 g/mol. The van der Waals surface area contributed by atoms with Crippen molar-refractivity contribution in [2.24, 2.45) is 10.5 Å². The number of anilines is 2. The van der Waals surface area contributed by atoms with E-state index in [1.165, 1.54) is 17.7 Å². The van der Waals surface area contributed by atoms with E-state index in [-0.39, 0.29) is 11.9 Å². The number of fused-ring (bicyclic) bond motifs is 4. The zero-order valence-corrected chi connectivity index (χ0v) is 16.1. The van der Waals surface area contributed by atoms with Gasteiger partial charge in [-0.05, 0) is 68.5 Å². The smallest absolute Gasteiger partial charge is 0.261 e. The van der Waals surface area contributed by atoms with Gasteiger partial charge in [-0.2, -0.15) is 10.1 Å². The van der Waals surface area contributed by atoms with Gasteiger partial charge in [0.25, 0.3) is 5.91 Å². The highest BCUT2D eigenvalue weighted by molar-refractivity contribution is 6.30. The average Bonchev–Trinajstić information content (AvgIpc) is 2.94. The van der Waals surface area contributed by atoms with Crippen LogP contribution in [0.5, 0.6) is 0 Å². The molecule has 1 amide bonds. The minimum atomic E-state index is -0.575. The second-order valence-electron chi connectivity index (χ2n) is 7.76. The minimum absolute atomic E-state index is 0.0914. The Bertz CT molecular complexity index is 939. The highest BCUT2D eigenvalue weighted by Crippen LogP contribution is 2.49. The molecule has 0 N–H and O–H groups in total. The van der Waals surface area contributed by atoms with Crippen molar-refractivity contribution in [1.82, 2.24) is 0 Å². The molecule has 0 aliphatic carbocycles. The molecule has 2 aromatic rings. The summed E-state index contributed by atoms with van der Waals surface area (Å²) in [6.07, 6.45) is 4.09. The van der Waals surface area contributed by atoms with E-state index < -0.39 is 5.41 Å². The Balaban J connectivity index is 1.62. The van der Waals surface area contributed by atoms with E-state index in [4.69, 9.17) is 16.7 Å². The van der Waals surface area contributed by atoms with Crippen LogP contribution >= 0.6 is 11.6 Å². The number of rotatable bonds is 1. The third kappa shape index (κ3) is 2.36. The lowest BCUT2D eigenvalue weighted by Crippen LogP contribution is -2.61. The van der Waals surface area contributed by atoms with Crippen molar-refractivity contribution in [2.75, 3.05) is 16.5 Å². The lowest BCUT2D eigenvalue weighted by atomic mass is 9.66. The van der Waals surface area contributed by atoms with Gasteiger partial charge in [-0.15, -0.1) is 0 Å². The van der Waals surface area contributed by atoms with Crippen LogP contribution in [0.3, 0.4) is 0 Å². The number of hydrazone groups is 1. The van der Waals surface area contributed by atoms with Gasteiger partial charge in [0.15, 0.2) is 0 Å². The molecule has 27 heavy (non-hydrogen) atoms. The summed E-state index contributed by atoms with van der Waals surface area (Å²) in [6.45, 7) is 3.03. The number of benzene rings is 2. The number of amides is 1. The molecule has 0 bridgehead atoms. The Hall–Kier alpha value is -2.33. The van der Waals surface area contributed by atoms with Crippen LogP contribution in [0, 0.1) is 5.41 Å². The Labute approximate surface area is 164 Å². The molecule has 0 radical (unpaired) electrons. The summed E-state index contributed by atoms with van der Waals surface area (Å²) in [5.41, 5.74) is 3.67. The fraction of sp³-hybridized carbons (Fsp3) is 0.364. The summed E-state index contributed by atoms with van der Waals surface area (Å²) in [4.78, 5) is 16.3. The van der Waals surface area contributed by atoms with Crippen molar-refractivity contribution in [3.8, 4) is 0 Å². The maximum Gasteiger partial charge on any atom is 0.261 e. The molecule has 3 heterocycles. The van der Waals surface area contributed by atoms with Crippen LogP contribution in [0.4, 0.5) is 11.4 Å². The average molecular weight is 380 g/mol. The maximum atomic E-state index is 13.8. The zero-order chi connectivity index (χ0) is 18.6. The Kier molecular flexibility index (Phi) is 3.80. The maximum absolute atomic E-state index is 13.8. The fourth-order valence-corrected chi connectivity index (χ4v) is 5.19. The van der Waals surface area contributed by atoms with Crippen LogP contribution in [0.2, 0.25) is 5.02 Å². The molecular formula is C22H22ClN3O. The summed E-state index contributed by atoms with van der Waals surface area (Å²) in [6, 6.07) is 16.1. The van der Waals surface area contributed by atoms with Crippen LogP contribution in [-0.4, -0.2) is 24.2 Å². The molecule has 5 heteroatoms. The highest BCUT2D eigenvalue weighted by Gasteiger charge is 2.58. The van der Waals surface area contributed by atoms with Gasteiger partial charge in [0.2, 0.25) is 0 Å². The van der Waals surface area contributed by atoms with Crippen LogP contribution < -0.4 is 9.91 Å². The molecule has 1 fully saturated rings. The molecule has 2 aromatic carbocycles. The Morgan fingerprint density at radius 1 is 1.11 bits per heavy atom.